The first-order chi connectivity index (χ1) is 13.1. The molecule has 0 amide bonds. The number of sulfonamides is 2. The van der Waals surface area contributed by atoms with Crippen molar-refractivity contribution in [2.24, 2.45) is 5.92 Å². The summed E-state index contributed by atoms with van der Waals surface area (Å²) in [5, 5.41) is 0. The van der Waals surface area contributed by atoms with E-state index in [4.69, 9.17) is 0 Å². The van der Waals surface area contributed by atoms with Crippen LogP contribution in [0.3, 0.4) is 0 Å². The van der Waals surface area contributed by atoms with Crippen LogP contribution in [-0.2, 0) is 20.0 Å². The van der Waals surface area contributed by atoms with E-state index in [0.717, 1.165) is 25.9 Å². The first-order valence-corrected chi connectivity index (χ1v) is 12.9. The van der Waals surface area contributed by atoms with E-state index in [9.17, 15) is 16.8 Å². The average molecular weight is 432 g/mol. The lowest BCUT2D eigenvalue weighted by molar-refractivity contribution is 0.262. The summed E-state index contributed by atoms with van der Waals surface area (Å²) in [5.74, 6) is 0.189. The summed E-state index contributed by atoms with van der Waals surface area (Å²) in [6.07, 6.45) is 1.70. The molecule has 160 valence electrons. The summed E-state index contributed by atoms with van der Waals surface area (Å²) >= 11 is 0. The van der Waals surface area contributed by atoms with Crippen molar-refractivity contribution in [2.45, 2.75) is 56.4 Å². The van der Waals surface area contributed by atoms with Gasteiger partial charge >= 0.3 is 0 Å². The van der Waals surface area contributed by atoms with Crippen molar-refractivity contribution in [1.29, 1.82) is 0 Å². The van der Waals surface area contributed by atoms with Gasteiger partial charge in [0, 0.05) is 25.7 Å². The van der Waals surface area contributed by atoms with Crippen molar-refractivity contribution in [3.05, 3.63) is 24.3 Å². The van der Waals surface area contributed by atoms with Crippen LogP contribution in [0.2, 0.25) is 0 Å². The molecule has 2 rings (SSSR count). The van der Waals surface area contributed by atoms with Crippen molar-refractivity contribution in [3.63, 3.8) is 0 Å². The second-order valence-electron chi connectivity index (χ2n) is 7.65. The third-order valence-corrected chi connectivity index (χ3v) is 8.22. The molecule has 0 radical (unpaired) electrons. The van der Waals surface area contributed by atoms with Crippen LogP contribution in [0.5, 0.6) is 0 Å². The fourth-order valence-corrected chi connectivity index (χ4v) is 5.84. The van der Waals surface area contributed by atoms with Gasteiger partial charge in [-0.3, -0.25) is 0 Å². The highest BCUT2D eigenvalue weighted by molar-refractivity contribution is 7.89. The smallest absolute Gasteiger partial charge is 0.243 e. The predicted octanol–water partition coefficient (Wildman–Crippen LogP) is 2.12. The maximum atomic E-state index is 13.1. The average Bonchev–Trinajstić information content (AvgIpc) is 3.44. The highest BCUT2D eigenvalue weighted by Gasteiger charge is 2.29. The van der Waals surface area contributed by atoms with Gasteiger partial charge in [0.2, 0.25) is 20.0 Å². The molecule has 7 nitrogen and oxygen atoms in total. The number of nitrogens with one attached hydrogen (secondary N) is 1. The largest absolute Gasteiger partial charge is 0.303 e. The Morgan fingerprint density at radius 1 is 0.964 bits per heavy atom. The number of likely N-dealkylation sites (N-methyl/N-ethyl adjacent to an activating group) is 1. The fraction of sp³-hybridized carbons (Fsp3) is 0.684. The SMILES string of the molecule is CCN(CC)CCN(CC(C)C)S(=O)(=O)c1ccc(S(=O)(=O)NC2CC2)cc1. The molecule has 1 saturated carbocycles. The van der Waals surface area contributed by atoms with E-state index in [2.05, 4.69) is 23.5 Å². The molecule has 1 aliphatic rings. The Kier molecular flexibility index (Phi) is 8.04. The fourth-order valence-electron chi connectivity index (χ4n) is 2.94. The van der Waals surface area contributed by atoms with Gasteiger partial charge in [-0.05, 0) is 56.1 Å². The molecule has 1 N–H and O–H groups in total. The Labute approximate surface area is 170 Å². The third-order valence-electron chi connectivity index (χ3n) is 4.80. The standard InChI is InChI=1S/C19H33N3O4S2/c1-5-21(6-2)13-14-22(15-16(3)4)28(25,26)19-11-9-18(10-12-19)27(23,24)20-17-7-8-17/h9-12,16-17,20H,5-8,13-15H2,1-4H3. The van der Waals surface area contributed by atoms with Gasteiger partial charge < -0.3 is 4.90 Å². The van der Waals surface area contributed by atoms with Gasteiger partial charge in [0.05, 0.1) is 9.79 Å². The number of nitrogens with zero attached hydrogens (tertiary/aromatic N) is 2. The second kappa shape index (κ2) is 9.67. The summed E-state index contributed by atoms with van der Waals surface area (Å²) in [6, 6.07) is 5.53. The molecule has 9 heteroatoms. The normalized spacial score (nSPS) is 15.7. The molecule has 0 spiro atoms. The van der Waals surface area contributed by atoms with Crippen LogP contribution in [0.1, 0.15) is 40.5 Å². The molecular weight excluding hydrogens is 398 g/mol. The Hall–Kier alpha value is -1.00. The second-order valence-corrected chi connectivity index (χ2v) is 11.3. The predicted molar refractivity (Wildman–Crippen MR) is 111 cm³/mol. The zero-order valence-corrected chi connectivity index (χ0v) is 18.9. The van der Waals surface area contributed by atoms with Gasteiger partial charge in [0.25, 0.3) is 0 Å². The molecule has 28 heavy (non-hydrogen) atoms. The van der Waals surface area contributed by atoms with E-state index in [1.807, 2.05) is 13.8 Å². The van der Waals surface area contributed by atoms with Gasteiger partial charge in [-0.2, -0.15) is 4.31 Å². The minimum absolute atomic E-state index is 0.00928. The molecule has 1 fully saturated rings. The van der Waals surface area contributed by atoms with Gasteiger partial charge in [-0.15, -0.1) is 0 Å². The van der Waals surface area contributed by atoms with Crippen molar-refractivity contribution in [2.75, 3.05) is 32.7 Å². The summed E-state index contributed by atoms with van der Waals surface area (Å²) in [6.45, 7) is 11.3. The van der Waals surface area contributed by atoms with Gasteiger partial charge in [0.1, 0.15) is 0 Å². The lowest BCUT2D eigenvalue weighted by atomic mass is 10.2. The zero-order valence-electron chi connectivity index (χ0n) is 17.3. The monoisotopic (exact) mass is 431 g/mol. The Bertz CT molecular complexity index is 828. The number of hydrogen-bond acceptors (Lipinski definition) is 5. The lowest BCUT2D eigenvalue weighted by Crippen LogP contribution is -2.40. The molecule has 0 unspecified atom stereocenters. The highest BCUT2D eigenvalue weighted by atomic mass is 32.2. The first-order valence-electron chi connectivity index (χ1n) is 9.95. The number of hydrogen-bond donors (Lipinski definition) is 1. The molecule has 0 aliphatic heterocycles. The van der Waals surface area contributed by atoms with E-state index in [0.29, 0.717) is 19.6 Å². The Morgan fingerprint density at radius 2 is 1.50 bits per heavy atom. The van der Waals surface area contributed by atoms with Gasteiger partial charge in [-0.25, -0.2) is 21.6 Å². The molecule has 1 aliphatic carbocycles. The number of benzene rings is 1. The van der Waals surface area contributed by atoms with Crippen LogP contribution in [0.15, 0.2) is 34.1 Å². The van der Waals surface area contributed by atoms with Crippen molar-refractivity contribution in [3.8, 4) is 0 Å². The summed E-state index contributed by atoms with van der Waals surface area (Å²) in [5.41, 5.74) is 0. The Morgan fingerprint density at radius 3 is 1.96 bits per heavy atom. The van der Waals surface area contributed by atoms with Crippen molar-refractivity contribution in [1.82, 2.24) is 13.9 Å². The van der Waals surface area contributed by atoms with Crippen LogP contribution >= 0.6 is 0 Å². The van der Waals surface area contributed by atoms with E-state index < -0.39 is 20.0 Å². The van der Waals surface area contributed by atoms with Gasteiger partial charge in [0.15, 0.2) is 0 Å². The number of rotatable bonds is 12. The molecule has 0 bridgehead atoms. The highest BCUT2D eigenvalue weighted by Crippen LogP contribution is 2.24. The third kappa shape index (κ3) is 6.25. The molecule has 1 aromatic rings. The van der Waals surface area contributed by atoms with Crippen LogP contribution in [0.4, 0.5) is 0 Å². The van der Waals surface area contributed by atoms with Gasteiger partial charge in [-0.1, -0.05) is 27.7 Å². The minimum Gasteiger partial charge on any atom is -0.303 e. The summed E-state index contributed by atoms with van der Waals surface area (Å²) in [4.78, 5) is 2.40. The van der Waals surface area contributed by atoms with E-state index in [-0.39, 0.29) is 21.8 Å². The van der Waals surface area contributed by atoms with E-state index in [1.54, 1.807) is 0 Å². The molecule has 0 heterocycles. The van der Waals surface area contributed by atoms with Crippen LogP contribution in [0, 0.1) is 5.92 Å². The molecule has 0 atom stereocenters. The topological polar surface area (TPSA) is 86.8 Å². The van der Waals surface area contributed by atoms with Crippen LogP contribution in [-0.4, -0.2) is 64.8 Å². The quantitative estimate of drug-likeness (QED) is 0.548. The maximum absolute atomic E-state index is 13.1. The summed E-state index contributed by atoms with van der Waals surface area (Å²) in [7, 11) is -7.28. The van der Waals surface area contributed by atoms with E-state index >= 15 is 0 Å². The molecule has 0 saturated heterocycles. The molecule has 0 aromatic heterocycles. The minimum atomic E-state index is -3.69. The lowest BCUT2D eigenvalue weighted by Gasteiger charge is -2.27. The van der Waals surface area contributed by atoms with Crippen molar-refractivity contribution < 1.29 is 16.8 Å². The zero-order chi connectivity index (χ0) is 20.9. The first kappa shape index (κ1) is 23.3. The van der Waals surface area contributed by atoms with Crippen LogP contribution < -0.4 is 4.72 Å². The Balaban J connectivity index is 2.20. The molecule has 1 aromatic carbocycles. The summed E-state index contributed by atoms with van der Waals surface area (Å²) < 4.78 is 55.0. The van der Waals surface area contributed by atoms with E-state index in [1.165, 1.54) is 28.6 Å². The molecular formula is C19H33N3O4S2. The van der Waals surface area contributed by atoms with Crippen molar-refractivity contribution >= 4 is 20.0 Å². The maximum Gasteiger partial charge on any atom is 0.243 e. The van der Waals surface area contributed by atoms with Crippen LogP contribution in [0.25, 0.3) is 0 Å².